The van der Waals surface area contributed by atoms with Gasteiger partial charge in [0.1, 0.15) is 0 Å². The highest BCUT2D eigenvalue weighted by atomic mass is 16.2. The molecule has 1 saturated heterocycles. The van der Waals surface area contributed by atoms with Crippen molar-refractivity contribution in [2.45, 2.75) is 66.3 Å². The molecule has 0 aromatic carbocycles. The molecular formula is C21H37N5O2. The Labute approximate surface area is 169 Å². The third-order valence-electron chi connectivity index (χ3n) is 5.55. The van der Waals surface area contributed by atoms with Crippen LogP contribution >= 0.6 is 0 Å². The SMILES string of the molecule is Cc1nn(CC(C)C)c(C)c1CCC(=O)NCCCN1CCC[C@@H](C(N)=O)C1. The molecule has 1 aromatic rings. The summed E-state index contributed by atoms with van der Waals surface area (Å²) in [7, 11) is 0. The van der Waals surface area contributed by atoms with E-state index in [9.17, 15) is 9.59 Å². The number of nitrogens with two attached hydrogens (primary N) is 1. The van der Waals surface area contributed by atoms with Crippen LogP contribution in [0.5, 0.6) is 0 Å². The van der Waals surface area contributed by atoms with Gasteiger partial charge in [0.2, 0.25) is 11.8 Å². The van der Waals surface area contributed by atoms with Gasteiger partial charge in [-0.05, 0) is 64.1 Å². The fourth-order valence-electron chi connectivity index (χ4n) is 3.97. The van der Waals surface area contributed by atoms with Gasteiger partial charge in [0.05, 0.1) is 11.6 Å². The van der Waals surface area contributed by atoms with Gasteiger partial charge in [-0.15, -0.1) is 0 Å². The van der Waals surface area contributed by atoms with Gasteiger partial charge in [-0.25, -0.2) is 0 Å². The number of carbonyl (C=O) groups is 2. The molecule has 1 aliphatic rings. The number of rotatable bonds is 10. The van der Waals surface area contributed by atoms with Crippen molar-refractivity contribution in [3.8, 4) is 0 Å². The van der Waals surface area contributed by atoms with Gasteiger partial charge in [0, 0.05) is 31.7 Å². The topological polar surface area (TPSA) is 93.2 Å². The Morgan fingerprint density at radius 3 is 2.75 bits per heavy atom. The minimum absolute atomic E-state index is 0.0218. The first-order valence-corrected chi connectivity index (χ1v) is 10.6. The van der Waals surface area contributed by atoms with Gasteiger partial charge < -0.3 is 16.0 Å². The first-order valence-electron chi connectivity index (χ1n) is 10.6. The van der Waals surface area contributed by atoms with Crippen molar-refractivity contribution in [1.29, 1.82) is 0 Å². The minimum Gasteiger partial charge on any atom is -0.369 e. The lowest BCUT2D eigenvalue weighted by Crippen LogP contribution is -2.42. The van der Waals surface area contributed by atoms with E-state index in [0.717, 1.165) is 57.6 Å². The second kappa shape index (κ2) is 10.6. The van der Waals surface area contributed by atoms with Gasteiger partial charge in [-0.2, -0.15) is 5.10 Å². The van der Waals surface area contributed by atoms with Crippen LogP contribution < -0.4 is 11.1 Å². The number of amides is 2. The molecule has 2 rings (SSSR count). The maximum atomic E-state index is 12.2. The number of hydrogen-bond donors (Lipinski definition) is 2. The predicted octanol–water partition coefficient (Wildman–Crippen LogP) is 1.79. The fraction of sp³-hybridized carbons (Fsp3) is 0.762. The van der Waals surface area contributed by atoms with Crippen LogP contribution in [0.25, 0.3) is 0 Å². The Morgan fingerprint density at radius 1 is 1.32 bits per heavy atom. The second-order valence-electron chi connectivity index (χ2n) is 8.47. The Balaban J connectivity index is 1.68. The van der Waals surface area contributed by atoms with E-state index in [4.69, 9.17) is 5.73 Å². The largest absolute Gasteiger partial charge is 0.369 e. The molecule has 158 valence electrons. The molecule has 2 amide bonds. The second-order valence-corrected chi connectivity index (χ2v) is 8.47. The van der Waals surface area contributed by atoms with Crippen molar-refractivity contribution < 1.29 is 9.59 Å². The Morgan fingerprint density at radius 2 is 2.07 bits per heavy atom. The molecule has 1 atom stereocenters. The first kappa shape index (κ1) is 22.4. The summed E-state index contributed by atoms with van der Waals surface area (Å²) in [6, 6.07) is 0. The van der Waals surface area contributed by atoms with Crippen LogP contribution in [0.4, 0.5) is 0 Å². The van der Waals surface area contributed by atoms with Crippen molar-refractivity contribution in [3.63, 3.8) is 0 Å². The summed E-state index contributed by atoms with van der Waals surface area (Å²) in [5.41, 5.74) is 8.82. The number of primary amides is 1. The lowest BCUT2D eigenvalue weighted by atomic mass is 9.97. The summed E-state index contributed by atoms with van der Waals surface area (Å²) in [4.78, 5) is 25.8. The molecule has 0 spiro atoms. The fourth-order valence-corrected chi connectivity index (χ4v) is 3.97. The van der Waals surface area contributed by atoms with E-state index in [-0.39, 0.29) is 17.7 Å². The van der Waals surface area contributed by atoms with E-state index >= 15 is 0 Å². The molecule has 1 aromatic heterocycles. The molecule has 0 unspecified atom stereocenters. The minimum atomic E-state index is -0.194. The van der Waals surface area contributed by atoms with Crippen LogP contribution in [-0.2, 0) is 22.6 Å². The highest BCUT2D eigenvalue weighted by Gasteiger charge is 2.23. The molecule has 7 heteroatoms. The molecule has 2 heterocycles. The number of nitrogens with one attached hydrogen (secondary N) is 1. The summed E-state index contributed by atoms with van der Waals surface area (Å²) in [5.74, 6) is 0.420. The Hall–Kier alpha value is -1.89. The molecular weight excluding hydrogens is 354 g/mol. The van der Waals surface area contributed by atoms with Crippen LogP contribution in [0.1, 0.15) is 56.5 Å². The molecule has 28 heavy (non-hydrogen) atoms. The highest BCUT2D eigenvalue weighted by molar-refractivity contribution is 5.77. The number of likely N-dealkylation sites (tertiary alicyclic amines) is 1. The van der Waals surface area contributed by atoms with Gasteiger partial charge in [0.15, 0.2) is 0 Å². The Kier molecular flexibility index (Phi) is 8.48. The molecule has 3 N–H and O–H groups in total. The maximum Gasteiger partial charge on any atom is 0.221 e. The van der Waals surface area contributed by atoms with Gasteiger partial charge in [0.25, 0.3) is 0 Å². The lowest BCUT2D eigenvalue weighted by Gasteiger charge is -2.31. The molecule has 0 bridgehead atoms. The average Bonchev–Trinajstić information content (AvgIpc) is 2.89. The van der Waals surface area contributed by atoms with E-state index in [0.29, 0.717) is 18.9 Å². The number of aryl methyl sites for hydroxylation is 1. The summed E-state index contributed by atoms with van der Waals surface area (Å²) < 4.78 is 2.06. The van der Waals surface area contributed by atoms with Crippen molar-refractivity contribution >= 4 is 11.8 Å². The average molecular weight is 392 g/mol. The van der Waals surface area contributed by atoms with Crippen molar-refractivity contribution in [2.75, 3.05) is 26.2 Å². The van der Waals surface area contributed by atoms with Crippen LogP contribution in [0.3, 0.4) is 0 Å². The number of hydrogen-bond acceptors (Lipinski definition) is 4. The van der Waals surface area contributed by atoms with Gasteiger partial charge >= 0.3 is 0 Å². The molecule has 7 nitrogen and oxygen atoms in total. The summed E-state index contributed by atoms with van der Waals surface area (Å²) >= 11 is 0. The highest BCUT2D eigenvalue weighted by Crippen LogP contribution is 2.17. The normalized spacial score (nSPS) is 17.8. The molecule has 0 aliphatic carbocycles. The molecule has 1 aliphatic heterocycles. The molecule has 0 saturated carbocycles. The third-order valence-corrected chi connectivity index (χ3v) is 5.55. The number of nitrogens with zero attached hydrogens (tertiary/aromatic N) is 3. The lowest BCUT2D eigenvalue weighted by molar-refractivity contribution is -0.123. The van der Waals surface area contributed by atoms with Crippen molar-refractivity contribution in [2.24, 2.45) is 17.6 Å². The number of carbonyl (C=O) groups excluding carboxylic acids is 2. The van der Waals surface area contributed by atoms with Crippen LogP contribution in [0.15, 0.2) is 0 Å². The predicted molar refractivity (Wildman–Crippen MR) is 111 cm³/mol. The van der Waals surface area contributed by atoms with E-state index in [2.05, 4.69) is 40.8 Å². The monoisotopic (exact) mass is 391 g/mol. The zero-order valence-corrected chi connectivity index (χ0v) is 18.0. The molecule has 1 fully saturated rings. The number of piperidine rings is 1. The van der Waals surface area contributed by atoms with Gasteiger partial charge in [-0.1, -0.05) is 13.8 Å². The van der Waals surface area contributed by atoms with E-state index < -0.39 is 0 Å². The molecule has 0 radical (unpaired) electrons. The smallest absolute Gasteiger partial charge is 0.221 e. The van der Waals surface area contributed by atoms with Gasteiger partial charge in [-0.3, -0.25) is 14.3 Å². The van der Waals surface area contributed by atoms with Crippen molar-refractivity contribution in [1.82, 2.24) is 20.0 Å². The number of aromatic nitrogens is 2. The van der Waals surface area contributed by atoms with E-state index in [1.54, 1.807) is 0 Å². The van der Waals surface area contributed by atoms with Crippen LogP contribution in [0, 0.1) is 25.7 Å². The zero-order valence-electron chi connectivity index (χ0n) is 18.0. The summed E-state index contributed by atoms with van der Waals surface area (Å²) in [6.07, 6.45) is 4.02. The maximum absolute atomic E-state index is 12.2. The van der Waals surface area contributed by atoms with E-state index in [1.165, 1.54) is 11.3 Å². The Bertz CT molecular complexity index is 668. The van der Waals surface area contributed by atoms with Crippen LogP contribution in [-0.4, -0.2) is 52.7 Å². The summed E-state index contributed by atoms with van der Waals surface area (Å²) in [6.45, 7) is 12.7. The van der Waals surface area contributed by atoms with Crippen molar-refractivity contribution in [3.05, 3.63) is 17.0 Å². The quantitative estimate of drug-likeness (QED) is 0.595. The first-order chi connectivity index (χ1) is 13.3. The standard InChI is InChI=1S/C21H37N5O2/c1-15(2)13-26-17(4)19(16(3)24-26)8-9-20(27)23-10-6-12-25-11-5-7-18(14-25)21(22)28/h15,18H,5-14H2,1-4H3,(H2,22,28)(H,23,27)/t18-/m1/s1. The zero-order chi connectivity index (χ0) is 20.7. The van der Waals surface area contributed by atoms with E-state index in [1.807, 2.05) is 6.92 Å². The summed E-state index contributed by atoms with van der Waals surface area (Å²) in [5, 5.41) is 7.64. The third kappa shape index (κ3) is 6.62. The van der Waals surface area contributed by atoms with Crippen LogP contribution in [0.2, 0.25) is 0 Å².